The lowest BCUT2D eigenvalue weighted by molar-refractivity contribution is 0.0526. The highest BCUT2D eigenvalue weighted by Crippen LogP contribution is 2.30. The van der Waals surface area contributed by atoms with Crippen molar-refractivity contribution in [2.24, 2.45) is 0 Å². The van der Waals surface area contributed by atoms with Gasteiger partial charge in [0.25, 0.3) is 0 Å². The van der Waals surface area contributed by atoms with Gasteiger partial charge in [-0.25, -0.2) is 4.79 Å². The Morgan fingerprint density at radius 2 is 1.68 bits per heavy atom. The van der Waals surface area contributed by atoms with E-state index in [0.29, 0.717) is 24.4 Å². The summed E-state index contributed by atoms with van der Waals surface area (Å²) in [5.41, 5.74) is 2.61. The fourth-order valence-electron chi connectivity index (χ4n) is 4.20. The molecular formula is C30H33N3O4. The highest BCUT2D eigenvalue weighted by atomic mass is 16.6. The number of fused-ring (bicyclic) bond motifs is 1. The Labute approximate surface area is 217 Å². The number of rotatable bonds is 9. The average molecular weight is 500 g/mol. The van der Waals surface area contributed by atoms with Crippen LogP contribution in [0.5, 0.6) is 5.75 Å². The molecule has 7 heteroatoms. The number of aromatic nitrogens is 1. The third-order valence-electron chi connectivity index (χ3n) is 5.85. The van der Waals surface area contributed by atoms with Crippen molar-refractivity contribution in [1.82, 2.24) is 9.88 Å². The van der Waals surface area contributed by atoms with Crippen LogP contribution in [-0.4, -0.2) is 35.7 Å². The van der Waals surface area contributed by atoms with Crippen LogP contribution in [0.1, 0.15) is 42.7 Å². The Hall–Kier alpha value is -4.26. The first-order chi connectivity index (χ1) is 17.7. The summed E-state index contributed by atoms with van der Waals surface area (Å²) in [6, 6.07) is 24.4. The Morgan fingerprint density at radius 3 is 2.41 bits per heavy atom. The molecule has 4 rings (SSSR count). The number of hydrogen-bond donors (Lipinski definition) is 2. The third kappa shape index (κ3) is 6.50. The van der Waals surface area contributed by atoms with Crippen molar-refractivity contribution in [3.05, 3.63) is 96.2 Å². The molecule has 0 aliphatic rings. The zero-order valence-electron chi connectivity index (χ0n) is 21.7. The molecule has 1 heterocycles. The van der Waals surface area contributed by atoms with Gasteiger partial charge in [0.2, 0.25) is 0 Å². The van der Waals surface area contributed by atoms with Gasteiger partial charge in [0.05, 0.1) is 7.11 Å². The molecule has 2 N–H and O–H groups in total. The van der Waals surface area contributed by atoms with Crippen LogP contribution < -0.4 is 15.4 Å². The van der Waals surface area contributed by atoms with Crippen LogP contribution in [0.4, 0.5) is 10.5 Å². The maximum absolute atomic E-state index is 14.1. The molecule has 3 aromatic carbocycles. The summed E-state index contributed by atoms with van der Waals surface area (Å²) in [6.07, 6.45) is 1.40. The second-order valence-electron chi connectivity index (χ2n) is 9.77. The first kappa shape index (κ1) is 25.8. The van der Waals surface area contributed by atoms with Crippen LogP contribution in [0.15, 0.2) is 85.1 Å². The first-order valence-corrected chi connectivity index (χ1v) is 12.3. The molecule has 1 aromatic heterocycles. The number of alkyl carbamates (subject to hydrolysis) is 1. The zero-order chi connectivity index (χ0) is 26.4. The van der Waals surface area contributed by atoms with Gasteiger partial charge < -0.3 is 24.7 Å². The molecule has 7 nitrogen and oxygen atoms in total. The summed E-state index contributed by atoms with van der Waals surface area (Å²) in [4.78, 5) is 26.2. The van der Waals surface area contributed by atoms with Gasteiger partial charge in [-0.2, -0.15) is 0 Å². The predicted octanol–water partition coefficient (Wildman–Crippen LogP) is 6.21. The van der Waals surface area contributed by atoms with E-state index in [0.717, 1.165) is 22.2 Å². The Morgan fingerprint density at radius 1 is 0.946 bits per heavy atom. The lowest BCUT2D eigenvalue weighted by Gasteiger charge is -2.20. The molecule has 37 heavy (non-hydrogen) atoms. The van der Waals surface area contributed by atoms with Crippen LogP contribution in [0.2, 0.25) is 0 Å². The highest BCUT2D eigenvalue weighted by molar-refractivity contribution is 6.11. The van der Waals surface area contributed by atoms with Crippen LogP contribution in [0.3, 0.4) is 0 Å². The minimum Gasteiger partial charge on any atom is -0.497 e. The summed E-state index contributed by atoms with van der Waals surface area (Å²) in [5, 5.41) is 7.06. The van der Waals surface area contributed by atoms with Crippen molar-refractivity contribution in [2.45, 2.75) is 39.0 Å². The molecule has 0 radical (unpaired) electrons. The number of nitrogens with one attached hydrogen (secondary N) is 2. The minimum absolute atomic E-state index is 0.0518. The van der Waals surface area contributed by atoms with Gasteiger partial charge in [-0.05, 0) is 44.5 Å². The summed E-state index contributed by atoms with van der Waals surface area (Å²) in [5.74, 6) is 0.655. The van der Waals surface area contributed by atoms with Gasteiger partial charge >= 0.3 is 6.09 Å². The number of anilines is 1. The number of para-hydroxylation sites is 1. The van der Waals surface area contributed by atoms with E-state index in [1.54, 1.807) is 7.11 Å². The van der Waals surface area contributed by atoms with E-state index >= 15 is 0 Å². The number of nitrogens with zero attached hydrogens (tertiary/aromatic N) is 1. The monoisotopic (exact) mass is 499 g/mol. The number of amides is 1. The van der Waals surface area contributed by atoms with Crippen molar-refractivity contribution in [1.29, 1.82) is 0 Å². The van der Waals surface area contributed by atoms with Crippen molar-refractivity contribution in [3.63, 3.8) is 0 Å². The number of benzene rings is 3. The molecule has 0 aliphatic carbocycles. The molecule has 1 amide bonds. The maximum atomic E-state index is 14.1. The van der Waals surface area contributed by atoms with E-state index in [1.165, 1.54) is 0 Å². The van der Waals surface area contributed by atoms with E-state index in [4.69, 9.17) is 9.47 Å². The standard InChI is InChI=1S/C30H33N3O4/c1-30(2,3)37-29(35)31-17-18-33-20-25(24-15-8-9-16-26(24)33)28(34)27(21-11-6-5-7-12-21)32-22-13-10-14-23(19-22)36-4/h5-16,19-20,27,32H,17-18H2,1-4H3,(H,31,35). The van der Waals surface area contributed by atoms with Crippen LogP contribution in [0, 0.1) is 0 Å². The first-order valence-electron chi connectivity index (χ1n) is 12.3. The van der Waals surface area contributed by atoms with E-state index in [-0.39, 0.29) is 5.78 Å². The van der Waals surface area contributed by atoms with E-state index < -0.39 is 17.7 Å². The molecule has 1 unspecified atom stereocenters. The average Bonchev–Trinajstić information content (AvgIpc) is 3.25. The number of ketones is 1. The van der Waals surface area contributed by atoms with E-state index in [9.17, 15) is 9.59 Å². The molecule has 192 valence electrons. The predicted molar refractivity (Wildman–Crippen MR) is 146 cm³/mol. The fourth-order valence-corrected chi connectivity index (χ4v) is 4.20. The number of hydrogen-bond acceptors (Lipinski definition) is 5. The fraction of sp³-hybridized carbons (Fsp3) is 0.267. The van der Waals surface area contributed by atoms with Gasteiger partial charge in [-0.15, -0.1) is 0 Å². The van der Waals surface area contributed by atoms with Crippen LogP contribution in [0.25, 0.3) is 10.9 Å². The molecule has 4 aromatic rings. The molecule has 1 atom stereocenters. The van der Waals surface area contributed by atoms with E-state index in [1.807, 2.05) is 110 Å². The van der Waals surface area contributed by atoms with E-state index in [2.05, 4.69) is 10.6 Å². The van der Waals surface area contributed by atoms with Gasteiger partial charge in [0, 0.05) is 47.5 Å². The second-order valence-corrected chi connectivity index (χ2v) is 9.77. The van der Waals surface area contributed by atoms with Crippen LogP contribution in [-0.2, 0) is 11.3 Å². The minimum atomic E-state index is -0.604. The van der Waals surface area contributed by atoms with Crippen molar-refractivity contribution in [3.8, 4) is 5.75 Å². The van der Waals surface area contributed by atoms with Crippen molar-refractivity contribution < 1.29 is 19.1 Å². The highest BCUT2D eigenvalue weighted by Gasteiger charge is 2.26. The molecule has 0 spiro atoms. The van der Waals surface area contributed by atoms with Gasteiger partial charge in [0.1, 0.15) is 17.4 Å². The molecule has 0 bridgehead atoms. The lowest BCUT2D eigenvalue weighted by Crippen LogP contribution is -2.34. The summed E-state index contributed by atoms with van der Waals surface area (Å²) < 4.78 is 12.7. The molecule has 0 aliphatic heterocycles. The normalized spacial score (nSPS) is 12.1. The largest absolute Gasteiger partial charge is 0.497 e. The Kier molecular flexibility index (Phi) is 7.82. The lowest BCUT2D eigenvalue weighted by atomic mass is 9.96. The zero-order valence-corrected chi connectivity index (χ0v) is 21.7. The number of Topliss-reactive ketones (excluding diaryl/α,β-unsaturated/α-hetero) is 1. The number of carbonyl (C=O) groups is 2. The second kappa shape index (κ2) is 11.2. The van der Waals surface area contributed by atoms with Gasteiger partial charge in [-0.1, -0.05) is 54.6 Å². The summed E-state index contributed by atoms with van der Waals surface area (Å²) in [7, 11) is 1.62. The number of ether oxygens (including phenoxy) is 2. The molecular weight excluding hydrogens is 466 g/mol. The Balaban J connectivity index is 1.62. The molecule has 0 saturated heterocycles. The number of carbonyl (C=O) groups excluding carboxylic acids is 2. The van der Waals surface area contributed by atoms with Crippen LogP contribution >= 0.6 is 0 Å². The van der Waals surface area contributed by atoms with Gasteiger partial charge in [-0.3, -0.25) is 4.79 Å². The smallest absolute Gasteiger partial charge is 0.407 e. The molecule has 0 fully saturated rings. The van der Waals surface area contributed by atoms with Crippen molar-refractivity contribution >= 4 is 28.5 Å². The number of methoxy groups -OCH3 is 1. The maximum Gasteiger partial charge on any atom is 0.407 e. The third-order valence-corrected chi connectivity index (χ3v) is 5.85. The summed E-state index contributed by atoms with van der Waals surface area (Å²) >= 11 is 0. The Bertz CT molecular complexity index is 1370. The topological polar surface area (TPSA) is 81.6 Å². The van der Waals surface area contributed by atoms with Gasteiger partial charge in [0.15, 0.2) is 5.78 Å². The molecule has 0 saturated carbocycles. The quantitative estimate of drug-likeness (QED) is 0.268. The SMILES string of the molecule is COc1cccc(NC(C(=O)c2cn(CCNC(=O)OC(C)(C)C)c3ccccc23)c2ccccc2)c1. The summed E-state index contributed by atoms with van der Waals surface area (Å²) in [6.45, 7) is 6.34. The van der Waals surface area contributed by atoms with Crippen molar-refractivity contribution in [2.75, 3.05) is 19.0 Å².